The zero-order chi connectivity index (χ0) is 21.8. The van der Waals surface area contributed by atoms with Gasteiger partial charge in [0.1, 0.15) is 11.5 Å². The largest absolute Gasteiger partial charge is 0.504 e. The van der Waals surface area contributed by atoms with E-state index in [-0.39, 0.29) is 28.1 Å². The predicted octanol–water partition coefficient (Wildman–Crippen LogP) is 5.19. The van der Waals surface area contributed by atoms with Crippen molar-refractivity contribution in [1.82, 2.24) is 0 Å². The van der Waals surface area contributed by atoms with Gasteiger partial charge in [-0.25, -0.2) is 0 Å². The molecule has 2 aliphatic carbocycles. The third-order valence-electron chi connectivity index (χ3n) is 6.20. The zero-order valence-corrected chi connectivity index (χ0v) is 18.4. The Kier molecular flexibility index (Phi) is 4.83. The van der Waals surface area contributed by atoms with E-state index in [0.29, 0.717) is 60.7 Å². The van der Waals surface area contributed by atoms with Crippen molar-refractivity contribution in [2.45, 2.75) is 66.2 Å². The van der Waals surface area contributed by atoms with E-state index < -0.39 is 5.92 Å². The molecule has 0 unspecified atom stereocenters. The number of ether oxygens (including phenoxy) is 2. The number of carbonyl (C=O) groups is 2. The Labute approximate surface area is 177 Å². The van der Waals surface area contributed by atoms with Crippen molar-refractivity contribution >= 4 is 11.6 Å². The summed E-state index contributed by atoms with van der Waals surface area (Å²) in [4.78, 5) is 26.5. The molecule has 0 atom stereocenters. The molecular weight excluding hydrogens is 380 g/mol. The average molecular weight is 411 g/mol. The number of hydrogen-bond donors (Lipinski definition) is 1. The molecule has 0 radical (unpaired) electrons. The maximum Gasteiger partial charge on any atom is 0.163 e. The van der Waals surface area contributed by atoms with Crippen LogP contribution in [0.15, 0.2) is 40.9 Å². The van der Waals surface area contributed by atoms with E-state index in [9.17, 15) is 14.7 Å². The lowest BCUT2D eigenvalue weighted by Gasteiger charge is -2.42. The fraction of sp³-hybridized carbons (Fsp3) is 0.520. The summed E-state index contributed by atoms with van der Waals surface area (Å²) in [5.74, 6) is 1.37. The van der Waals surface area contributed by atoms with Crippen molar-refractivity contribution < 1.29 is 24.2 Å². The smallest absolute Gasteiger partial charge is 0.163 e. The first-order valence-electron chi connectivity index (χ1n) is 10.7. The summed E-state index contributed by atoms with van der Waals surface area (Å²) >= 11 is 0. The molecule has 1 N–H and O–H groups in total. The molecule has 5 nitrogen and oxygen atoms in total. The molecule has 0 saturated heterocycles. The van der Waals surface area contributed by atoms with Gasteiger partial charge in [-0.1, -0.05) is 33.8 Å². The lowest BCUT2D eigenvalue weighted by atomic mass is 9.65. The Bertz CT molecular complexity index is 941. The van der Waals surface area contributed by atoms with E-state index in [1.54, 1.807) is 18.2 Å². The van der Waals surface area contributed by atoms with Gasteiger partial charge in [-0.2, -0.15) is 0 Å². The van der Waals surface area contributed by atoms with Gasteiger partial charge in [-0.3, -0.25) is 9.59 Å². The molecule has 1 heterocycles. The molecule has 0 spiro atoms. The van der Waals surface area contributed by atoms with Gasteiger partial charge < -0.3 is 14.6 Å². The Hall–Kier alpha value is -2.56. The topological polar surface area (TPSA) is 72.8 Å². The van der Waals surface area contributed by atoms with Crippen LogP contribution in [0.5, 0.6) is 11.5 Å². The molecule has 1 aliphatic heterocycles. The van der Waals surface area contributed by atoms with Gasteiger partial charge in [0.15, 0.2) is 23.1 Å². The molecule has 1 aromatic carbocycles. The summed E-state index contributed by atoms with van der Waals surface area (Å²) in [6.45, 7) is 10.5. The third-order valence-corrected chi connectivity index (χ3v) is 6.20. The molecule has 4 rings (SSSR count). The van der Waals surface area contributed by atoms with E-state index in [0.717, 1.165) is 5.56 Å². The molecule has 3 aliphatic rings. The van der Waals surface area contributed by atoms with E-state index in [4.69, 9.17) is 9.47 Å². The average Bonchev–Trinajstić information content (AvgIpc) is 2.60. The third kappa shape index (κ3) is 3.55. The van der Waals surface area contributed by atoms with Crippen LogP contribution in [0.2, 0.25) is 0 Å². The summed E-state index contributed by atoms with van der Waals surface area (Å²) in [6.07, 6.45) is 2.16. The minimum atomic E-state index is -0.476. The maximum atomic E-state index is 13.3. The van der Waals surface area contributed by atoms with E-state index in [2.05, 4.69) is 27.7 Å². The molecule has 0 amide bonds. The number of phenolic OH excluding ortho intramolecular Hbond substituents is 1. The Morgan fingerprint density at radius 2 is 1.50 bits per heavy atom. The van der Waals surface area contributed by atoms with Gasteiger partial charge >= 0.3 is 0 Å². The number of carbonyl (C=O) groups excluding carboxylic acids is 2. The molecule has 1 aromatic rings. The SMILES string of the molecule is CCOc1cc(C2C3=C(CC(C)(C)CC3=O)OC3=C2C(=O)CC(C)(C)C3)ccc1O. The van der Waals surface area contributed by atoms with Crippen LogP contribution in [0.3, 0.4) is 0 Å². The molecule has 0 aromatic heterocycles. The highest BCUT2D eigenvalue weighted by atomic mass is 16.5. The van der Waals surface area contributed by atoms with Gasteiger partial charge in [-0.05, 0) is 35.4 Å². The molecule has 5 heteroatoms. The number of ketones is 2. The van der Waals surface area contributed by atoms with E-state index >= 15 is 0 Å². The molecule has 0 fully saturated rings. The molecule has 0 saturated carbocycles. The highest BCUT2D eigenvalue weighted by molar-refractivity contribution is 6.06. The van der Waals surface area contributed by atoms with Gasteiger partial charge in [0.2, 0.25) is 0 Å². The van der Waals surface area contributed by atoms with Crippen LogP contribution in [-0.4, -0.2) is 23.3 Å². The van der Waals surface area contributed by atoms with Crippen LogP contribution in [0.4, 0.5) is 0 Å². The number of phenols is 1. The number of hydrogen-bond acceptors (Lipinski definition) is 5. The van der Waals surface area contributed by atoms with Crippen LogP contribution in [0.25, 0.3) is 0 Å². The van der Waals surface area contributed by atoms with Crippen LogP contribution in [0.1, 0.15) is 71.8 Å². The lowest BCUT2D eigenvalue weighted by Crippen LogP contribution is -2.37. The van der Waals surface area contributed by atoms with Crippen LogP contribution in [0, 0.1) is 10.8 Å². The predicted molar refractivity (Wildman–Crippen MR) is 113 cm³/mol. The molecule has 0 bridgehead atoms. The van der Waals surface area contributed by atoms with Gasteiger partial charge in [0, 0.05) is 42.7 Å². The van der Waals surface area contributed by atoms with Gasteiger partial charge in [0.05, 0.1) is 6.61 Å². The fourth-order valence-electron chi connectivity index (χ4n) is 4.99. The fourth-order valence-corrected chi connectivity index (χ4v) is 4.99. The zero-order valence-electron chi connectivity index (χ0n) is 18.4. The minimum Gasteiger partial charge on any atom is -0.504 e. The summed E-state index contributed by atoms with van der Waals surface area (Å²) in [5.41, 5.74) is 1.60. The van der Waals surface area contributed by atoms with Crippen molar-refractivity contribution in [2.75, 3.05) is 6.61 Å². The van der Waals surface area contributed by atoms with Crippen molar-refractivity contribution in [3.05, 3.63) is 46.4 Å². The van der Waals surface area contributed by atoms with Crippen molar-refractivity contribution in [1.29, 1.82) is 0 Å². The maximum absolute atomic E-state index is 13.3. The van der Waals surface area contributed by atoms with Crippen LogP contribution < -0.4 is 4.74 Å². The first-order chi connectivity index (χ1) is 14.0. The summed E-state index contributed by atoms with van der Waals surface area (Å²) in [6, 6.07) is 5.11. The monoisotopic (exact) mass is 410 g/mol. The first-order valence-corrected chi connectivity index (χ1v) is 10.7. The Morgan fingerprint density at radius 1 is 0.967 bits per heavy atom. The molecule has 30 heavy (non-hydrogen) atoms. The van der Waals surface area contributed by atoms with Crippen molar-refractivity contribution in [3.8, 4) is 11.5 Å². The highest BCUT2D eigenvalue weighted by Gasteiger charge is 2.47. The normalized spacial score (nSPS) is 23.1. The lowest BCUT2D eigenvalue weighted by molar-refractivity contribution is -0.120. The quantitative estimate of drug-likeness (QED) is 0.742. The van der Waals surface area contributed by atoms with E-state index in [1.165, 1.54) is 0 Å². The summed E-state index contributed by atoms with van der Waals surface area (Å²) < 4.78 is 11.9. The second-order valence-corrected chi connectivity index (χ2v) is 10.3. The summed E-state index contributed by atoms with van der Waals surface area (Å²) in [7, 11) is 0. The molecular formula is C25H30O5. The number of aromatic hydroxyl groups is 1. The Balaban J connectivity index is 1.91. The number of Topliss-reactive ketones (excluding diaryl/α,β-unsaturated/α-hetero) is 2. The van der Waals surface area contributed by atoms with Gasteiger partial charge in [-0.15, -0.1) is 0 Å². The number of rotatable bonds is 3. The first kappa shape index (κ1) is 20.7. The van der Waals surface area contributed by atoms with Crippen molar-refractivity contribution in [2.24, 2.45) is 10.8 Å². The summed E-state index contributed by atoms with van der Waals surface area (Å²) in [5, 5.41) is 10.2. The van der Waals surface area contributed by atoms with Gasteiger partial charge in [0.25, 0.3) is 0 Å². The molecule has 160 valence electrons. The van der Waals surface area contributed by atoms with Crippen LogP contribution >= 0.6 is 0 Å². The van der Waals surface area contributed by atoms with Crippen LogP contribution in [-0.2, 0) is 14.3 Å². The minimum absolute atomic E-state index is 0.0291. The highest BCUT2D eigenvalue weighted by Crippen LogP contribution is 2.53. The Morgan fingerprint density at radius 3 is 2.00 bits per heavy atom. The second-order valence-electron chi connectivity index (χ2n) is 10.3. The van der Waals surface area contributed by atoms with Crippen molar-refractivity contribution in [3.63, 3.8) is 0 Å². The van der Waals surface area contributed by atoms with E-state index in [1.807, 2.05) is 6.92 Å². The number of benzene rings is 1. The second kappa shape index (κ2) is 7.00. The number of allylic oxidation sites excluding steroid dienone is 4. The standard InChI is InChI=1S/C25H30O5/c1-6-29-18-9-14(7-8-15(18)26)21-22-16(27)10-24(2,3)12-19(22)30-20-13-25(4,5)11-17(28)23(20)21/h7-9,21,26H,6,10-13H2,1-5H3.